The molecular formula is C13H25NO2. The summed E-state index contributed by atoms with van der Waals surface area (Å²) in [6, 6.07) is -0.0264. The van der Waals surface area contributed by atoms with E-state index in [2.05, 4.69) is 13.8 Å². The first-order chi connectivity index (χ1) is 7.50. The molecule has 0 spiro atoms. The molecule has 3 heteroatoms. The van der Waals surface area contributed by atoms with Crippen molar-refractivity contribution in [1.29, 1.82) is 0 Å². The summed E-state index contributed by atoms with van der Waals surface area (Å²) in [5.41, 5.74) is 5.54. The lowest BCUT2D eigenvalue weighted by Gasteiger charge is -2.27. The molecule has 3 unspecified atom stereocenters. The molecule has 1 saturated carbocycles. The van der Waals surface area contributed by atoms with Gasteiger partial charge >= 0.3 is 5.97 Å². The number of ether oxygens (including phenoxy) is 1. The smallest absolute Gasteiger partial charge is 0.313 e. The minimum absolute atomic E-state index is 0.0264. The molecule has 3 atom stereocenters. The molecule has 3 nitrogen and oxygen atoms in total. The van der Waals surface area contributed by atoms with E-state index in [1.54, 1.807) is 0 Å². The lowest BCUT2D eigenvalue weighted by molar-refractivity contribution is -0.156. The zero-order valence-corrected chi connectivity index (χ0v) is 10.8. The highest BCUT2D eigenvalue weighted by atomic mass is 16.5. The van der Waals surface area contributed by atoms with Crippen LogP contribution < -0.4 is 5.73 Å². The Bertz CT molecular complexity index is 242. The van der Waals surface area contributed by atoms with Gasteiger partial charge in [-0.3, -0.25) is 4.79 Å². The first-order valence-corrected chi connectivity index (χ1v) is 6.43. The topological polar surface area (TPSA) is 52.3 Å². The SMILES string of the molecule is CCCC(C)COC(=O)C1(C)CCCC1N. The van der Waals surface area contributed by atoms with Gasteiger partial charge in [0.2, 0.25) is 0 Å². The maximum absolute atomic E-state index is 12.0. The largest absolute Gasteiger partial charge is 0.465 e. The third-order valence-corrected chi connectivity index (χ3v) is 3.78. The normalized spacial score (nSPS) is 31.4. The van der Waals surface area contributed by atoms with E-state index in [9.17, 15) is 4.79 Å². The van der Waals surface area contributed by atoms with Gasteiger partial charge in [-0.15, -0.1) is 0 Å². The van der Waals surface area contributed by atoms with Crippen LogP contribution in [-0.2, 0) is 9.53 Å². The number of rotatable bonds is 5. The van der Waals surface area contributed by atoms with Gasteiger partial charge in [0.1, 0.15) is 0 Å². The maximum atomic E-state index is 12.0. The molecule has 1 fully saturated rings. The molecule has 16 heavy (non-hydrogen) atoms. The van der Waals surface area contributed by atoms with Crippen LogP contribution in [-0.4, -0.2) is 18.6 Å². The van der Waals surface area contributed by atoms with Gasteiger partial charge < -0.3 is 10.5 Å². The maximum Gasteiger partial charge on any atom is 0.313 e. The third-order valence-electron chi connectivity index (χ3n) is 3.78. The second-order valence-electron chi connectivity index (χ2n) is 5.41. The predicted molar refractivity (Wildman–Crippen MR) is 65.0 cm³/mol. The number of hydrogen-bond acceptors (Lipinski definition) is 3. The first-order valence-electron chi connectivity index (χ1n) is 6.43. The summed E-state index contributed by atoms with van der Waals surface area (Å²) in [7, 11) is 0. The van der Waals surface area contributed by atoms with Crippen molar-refractivity contribution < 1.29 is 9.53 Å². The Morgan fingerprint density at radius 2 is 2.31 bits per heavy atom. The zero-order valence-electron chi connectivity index (χ0n) is 10.8. The molecule has 2 N–H and O–H groups in total. The average Bonchev–Trinajstić information content (AvgIpc) is 2.57. The van der Waals surface area contributed by atoms with Gasteiger partial charge in [-0.05, 0) is 32.1 Å². The van der Waals surface area contributed by atoms with Crippen LogP contribution in [0.25, 0.3) is 0 Å². The Labute approximate surface area is 98.7 Å². The fourth-order valence-electron chi connectivity index (χ4n) is 2.41. The monoisotopic (exact) mass is 227 g/mol. The second kappa shape index (κ2) is 5.67. The lowest BCUT2D eigenvalue weighted by atomic mass is 9.85. The van der Waals surface area contributed by atoms with Gasteiger partial charge in [0.25, 0.3) is 0 Å². The molecule has 0 aromatic heterocycles. The van der Waals surface area contributed by atoms with Gasteiger partial charge in [-0.2, -0.15) is 0 Å². The van der Waals surface area contributed by atoms with Crippen molar-refractivity contribution >= 4 is 5.97 Å². The van der Waals surface area contributed by atoms with Gasteiger partial charge in [-0.25, -0.2) is 0 Å². The van der Waals surface area contributed by atoms with E-state index < -0.39 is 5.41 Å². The summed E-state index contributed by atoms with van der Waals surface area (Å²) >= 11 is 0. The summed E-state index contributed by atoms with van der Waals surface area (Å²) in [6.45, 7) is 6.74. The molecular weight excluding hydrogens is 202 g/mol. The summed E-state index contributed by atoms with van der Waals surface area (Å²) in [4.78, 5) is 12.0. The van der Waals surface area contributed by atoms with Crippen molar-refractivity contribution in [2.45, 2.75) is 58.9 Å². The van der Waals surface area contributed by atoms with Crippen LogP contribution in [0.15, 0.2) is 0 Å². The van der Waals surface area contributed by atoms with E-state index in [0.717, 1.165) is 32.1 Å². The van der Waals surface area contributed by atoms with E-state index in [1.165, 1.54) is 0 Å². The highest BCUT2D eigenvalue weighted by Crippen LogP contribution is 2.37. The molecule has 0 radical (unpaired) electrons. The lowest BCUT2D eigenvalue weighted by Crippen LogP contribution is -2.42. The van der Waals surface area contributed by atoms with Crippen LogP contribution in [0.5, 0.6) is 0 Å². The number of carbonyl (C=O) groups is 1. The fraction of sp³-hybridized carbons (Fsp3) is 0.923. The van der Waals surface area contributed by atoms with Crippen LogP contribution in [0.1, 0.15) is 52.9 Å². The van der Waals surface area contributed by atoms with Crippen LogP contribution in [0.3, 0.4) is 0 Å². The van der Waals surface area contributed by atoms with Gasteiger partial charge in [-0.1, -0.05) is 26.7 Å². The Kier molecular flexibility index (Phi) is 4.78. The van der Waals surface area contributed by atoms with E-state index in [0.29, 0.717) is 12.5 Å². The highest BCUT2D eigenvalue weighted by molar-refractivity contribution is 5.77. The number of esters is 1. The Balaban J connectivity index is 2.40. The summed E-state index contributed by atoms with van der Waals surface area (Å²) < 4.78 is 5.39. The van der Waals surface area contributed by atoms with Crippen molar-refractivity contribution in [2.75, 3.05) is 6.61 Å². The standard InChI is InChI=1S/C13H25NO2/c1-4-6-10(2)9-16-12(15)13(3)8-5-7-11(13)14/h10-11H,4-9,14H2,1-3H3. The number of carbonyl (C=O) groups excluding carboxylic acids is 1. The molecule has 94 valence electrons. The van der Waals surface area contributed by atoms with E-state index in [-0.39, 0.29) is 12.0 Å². The molecule has 0 amide bonds. The molecule has 1 aliphatic carbocycles. The van der Waals surface area contributed by atoms with Crippen molar-refractivity contribution in [3.63, 3.8) is 0 Å². The molecule has 1 rings (SSSR count). The fourth-order valence-corrected chi connectivity index (χ4v) is 2.41. The highest BCUT2D eigenvalue weighted by Gasteiger charge is 2.44. The predicted octanol–water partition coefficient (Wildman–Crippen LogP) is 2.48. The molecule has 0 bridgehead atoms. The van der Waals surface area contributed by atoms with Crippen molar-refractivity contribution in [3.05, 3.63) is 0 Å². The van der Waals surface area contributed by atoms with Crippen LogP contribution in [0.4, 0.5) is 0 Å². The van der Waals surface area contributed by atoms with Crippen LogP contribution >= 0.6 is 0 Å². The van der Waals surface area contributed by atoms with Crippen LogP contribution in [0, 0.1) is 11.3 Å². The minimum atomic E-state index is -0.439. The Morgan fingerprint density at radius 1 is 1.62 bits per heavy atom. The number of nitrogens with two attached hydrogens (primary N) is 1. The molecule has 0 heterocycles. The van der Waals surface area contributed by atoms with Crippen molar-refractivity contribution in [1.82, 2.24) is 0 Å². The average molecular weight is 227 g/mol. The third kappa shape index (κ3) is 2.97. The molecule has 0 aromatic carbocycles. The molecule has 0 aliphatic heterocycles. The second-order valence-corrected chi connectivity index (χ2v) is 5.41. The summed E-state index contributed by atoms with van der Waals surface area (Å²) in [5, 5.41) is 0. The zero-order chi connectivity index (χ0) is 12.2. The van der Waals surface area contributed by atoms with E-state index in [1.807, 2.05) is 6.92 Å². The quantitative estimate of drug-likeness (QED) is 0.734. The number of hydrogen-bond donors (Lipinski definition) is 1. The molecule has 0 aromatic rings. The van der Waals surface area contributed by atoms with Gasteiger partial charge in [0.05, 0.1) is 12.0 Å². The minimum Gasteiger partial charge on any atom is -0.465 e. The summed E-state index contributed by atoms with van der Waals surface area (Å²) in [6.07, 6.45) is 5.09. The van der Waals surface area contributed by atoms with Crippen molar-refractivity contribution in [3.8, 4) is 0 Å². The Morgan fingerprint density at radius 3 is 2.81 bits per heavy atom. The Hall–Kier alpha value is -0.570. The summed E-state index contributed by atoms with van der Waals surface area (Å²) in [5.74, 6) is 0.357. The molecule has 0 saturated heterocycles. The van der Waals surface area contributed by atoms with Crippen molar-refractivity contribution in [2.24, 2.45) is 17.1 Å². The molecule has 1 aliphatic rings. The van der Waals surface area contributed by atoms with Crippen LogP contribution in [0.2, 0.25) is 0 Å². The van der Waals surface area contributed by atoms with Gasteiger partial charge in [0, 0.05) is 6.04 Å². The van der Waals surface area contributed by atoms with E-state index >= 15 is 0 Å². The van der Waals surface area contributed by atoms with E-state index in [4.69, 9.17) is 10.5 Å². The first kappa shape index (κ1) is 13.5. The van der Waals surface area contributed by atoms with Gasteiger partial charge in [0.15, 0.2) is 0 Å².